The van der Waals surface area contributed by atoms with Gasteiger partial charge < -0.3 is 30.5 Å². The van der Waals surface area contributed by atoms with E-state index in [-0.39, 0.29) is 36.6 Å². The Morgan fingerprint density at radius 3 is 2.53 bits per heavy atom. The second-order valence-electron chi connectivity index (χ2n) is 7.73. The normalized spacial score (nSPS) is 24.8. The number of carbonyl (C=O) groups excluding carboxylic acids is 2. The second-order valence-corrected chi connectivity index (χ2v) is 8.17. The average Bonchev–Trinajstić information content (AvgIpc) is 2.77. The fourth-order valence-electron chi connectivity index (χ4n) is 3.82. The Morgan fingerprint density at radius 1 is 1.10 bits per heavy atom. The van der Waals surface area contributed by atoms with Crippen LogP contribution in [0.5, 0.6) is 0 Å². The molecule has 0 aromatic heterocycles. The Balaban J connectivity index is 1.37. The van der Waals surface area contributed by atoms with Gasteiger partial charge in [0.1, 0.15) is 6.10 Å². The molecule has 30 heavy (non-hydrogen) atoms. The summed E-state index contributed by atoms with van der Waals surface area (Å²) < 4.78 is 11.3. The van der Waals surface area contributed by atoms with Gasteiger partial charge >= 0.3 is 6.03 Å². The van der Waals surface area contributed by atoms with Crippen molar-refractivity contribution in [3.8, 4) is 0 Å². The zero-order valence-electron chi connectivity index (χ0n) is 16.9. The van der Waals surface area contributed by atoms with E-state index >= 15 is 0 Å². The van der Waals surface area contributed by atoms with Crippen LogP contribution in [0.25, 0.3) is 0 Å². The zero-order chi connectivity index (χ0) is 21.3. The van der Waals surface area contributed by atoms with Crippen molar-refractivity contribution in [2.75, 3.05) is 31.7 Å². The van der Waals surface area contributed by atoms with Crippen LogP contribution < -0.4 is 16.0 Å². The lowest BCUT2D eigenvalue weighted by atomic mass is 9.94. The highest BCUT2D eigenvalue weighted by atomic mass is 35.5. The van der Waals surface area contributed by atoms with E-state index in [0.717, 1.165) is 25.7 Å². The Morgan fingerprint density at radius 2 is 1.83 bits per heavy atom. The van der Waals surface area contributed by atoms with E-state index in [1.807, 2.05) is 0 Å². The van der Waals surface area contributed by atoms with Crippen molar-refractivity contribution in [1.29, 1.82) is 0 Å². The van der Waals surface area contributed by atoms with E-state index in [1.165, 1.54) is 0 Å². The molecule has 8 nitrogen and oxygen atoms in total. The summed E-state index contributed by atoms with van der Waals surface area (Å²) in [4.78, 5) is 24.5. The van der Waals surface area contributed by atoms with Crippen LogP contribution in [0, 0.1) is 5.92 Å². The van der Waals surface area contributed by atoms with E-state index < -0.39 is 6.10 Å². The topological polar surface area (TPSA) is 109 Å². The number of benzene rings is 1. The molecule has 2 fully saturated rings. The van der Waals surface area contributed by atoms with Crippen LogP contribution in [0.1, 0.15) is 32.1 Å². The van der Waals surface area contributed by atoms with Gasteiger partial charge in [0.05, 0.1) is 18.8 Å². The van der Waals surface area contributed by atoms with E-state index in [2.05, 4.69) is 16.0 Å². The first-order chi connectivity index (χ1) is 14.5. The summed E-state index contributed by atoms with van der Waals surface area (Å²) in [6.07, 6.45) is 3.08. The first-order valence-corrected chi connectivity index (χ1v) is 10.9. The summed E-state index contributed by atoms with van der Waals surface area (Å²) >= 11 is 5.83. The smallest absolute Gasteiger partial charge is 0.319 e. The lowest BCUT2D eigenvalue weighted by Crippen LogP contribution is -2.52. The number of carbonyl (C=O) groups is 2. The van der Waals surface area contributed by atoms with Gasteiger partial charge in [0.2, 0.25) is 5.91 Å². The van der Waals surface area contributed by atoms with Gasteiger partial charge in [-0.2, -0.15) is 0 Å². The number of ether oxygens (including phenoxy) is 2. The van der Waals surface area contributed by atoms with Crippen molar-refractivity contribution >= 4 is 29.2 Å². The average molecular weight is 440 g/mol. The molecule has 9 heteroatoms. The van der Waals surface area contributed by atoms with Gasteiger partial charge in [-0.05, 0) is 56.4 Å². The minimum Gasteiger partial charge on any atom is -0.394 e. The van der Waals surface area contributed by atoms with E-state index in [0.29, 0.717) is 36.9 Å². The molecule has 2 aliphatic rings. The van der Waals surface area contributed by atoms with Gasteiger partial charge in [0, 0.05) is 36.4 Å². The predicted molar refractivity (Wildman–Crippen MR) is 114 cm³/mol. The maximum absolute atomic E-state index is 12.5. The summed E-state index contributed by atoms with van der Waals surface area (Å²) in [5.41, 5.74) is 0.661. The van der Waals surface area contributed by atoms with Crippen LogP contribution in [0.15, 0.2) is 24.3 Å². The van der Waals surface area contributed by atoms with Gasteiger partial charge in [0.25, 0.3) is 0 Å². The molecule has 0 spiro atoms. The van der Waals surface area contributed by atoms with E-state index in [1.54, 1.807) is 24.3 Å². The molecule has 2 aliphatic heterocycles. The monoisotopic (exact) mass is 439 g/mol. The lowest BCUT2D eigenvalue weighted by molar-refractivity contribution is -0.134. The van der Waals surface area contributed by atoms with Crippen molar-refractivity contribution in [3.63, 3.8) is 0 Å². The van der Waals surface area contributed by atoms with Crippen molar-refractivity contribution in [3.05, 3.63) is 29.3 Å². The summed E-state index contributed by atoms with van der Waals surface area (Å²) in [6, 6.07) is 6.38. The molecule has 0 saturated carbocycles. The number of aliphatic hydroxyl groups excluding tert-OH is 1. The van der Waals surface area contributed by atoms with E-state index in [4.69, 9.17) is 21.1 Å². The minimum atomic E-state index is -0.435. The number of urea groups is 1. The number of nitrogens with one attached hydrogen (secondary N) is 3. The largest absolute Gasteiger partial charge is 0.394 e. The van der Waals surface area contributed by atoms with Crippen LogP contribution in [0.4, 0.5) is 10.5 Å². The SMILES string of the molecule is O=C(NCC[C@H]1CC[C@H](NC(=O)C2CCOCC2)[C@H](CO)O1)Nc1ccc(Cl)cc1. The van der Waals surface area contributed by atoms with Gasteiger partial charge in [-0.15, -0.1) is 0 Å². The Kier molecular flexibility index (Phi) is 8.74. The first-order valence-electron chi connectivity index (χ1n) is 10.5. The molecule has 0 aliphatic carbocycles. The molecule has 3 atom stereocenters. The zero-order valence-corrected chi connectivity index (χ0v) is 17.7. The van der Waals surface area contributed by atoms with Crippen LogP contribution in [0.3, 0.4) is 0 Å². The van der Waals surface area contributed by atoms with Crippen LogP contribution >= 0.6 is 11.6 Å². The van der Waals surface area contributed by atoms with Crippen LogP contribution in [-0.4, -0.2) is 61.7 Å². The highest BCUT2D eigenvalue weighted by Crippen LogP contribution is 2.23. The maximum Gasteiger partial charge on any atom is 0.319 e. The Labute approximate surface area is 181 Å². The van der Waals surface area contributed by atoms with Crippen molar-refractivity contribution in [1.82, 2.24) is 10.6 Å². The molecule has 3 amide bonds. The summed E-state index contributed by atoms with van der Waals surface area (Å²) in [7, 11) is 0. The number of rotatable bonds is 7. The molecule has 0 unspecified atom stereocenters. The van der Waals surface area contributed by atoms with Crippen LogP contribution in [0.2, 0.25) is 5.02 Å². The Bertz CT molecular complexity index is 696. The van der Waals surface area contributed by atoms with Crippen molar-refractivity contribution < 1.29 is 24.2 Å². The first kappa shape index (κ1) is 22.8. The van der Waals surface area contributed by atoms with E-state index in [9.17, 15) is 14.7 Å². The van der Waals surface area contributed by atoms with Gasteiger partial charge in [-0.1, -0.05) is 11.6 Å². The molecule has 1 aromatic carbocycles. The number of aliphatic hydroxyl groups is 1. The van der Waals surface area contributed by atoms with Gasteiger partial charge in [-0.3, -0.25) is 4.79 Å². The van der Waals surface area contributed by atoms with Gasteiger partial charge in [-0.25, -0.2) is 4.79 Å². The second kappa shape index (κ2) is 11.5. The number of hydrogen-bond donors (Lipinski definition) is 4. The number of hydrogen-bond acceptors (Lipinski definition) is 5. The van der Waals surface area contributed by atoms with Crippen molar-refractivity contribution in [2.45, 2.75) is 50.4 Å². The number of anilines is 1. The third-order valence-electron chi connectivity index (χ3n) is 5.57. The fourth-order valence-corrected chi connectivity index (χ4v) is 3.95. The molecule has 166 valence electrons. The molecular formula is C21H30ClN3O5. The molecule has 3 rings (SSSR count). The maximum atomic E-state index is 12.5. The third kappa shape index (κ3) is 6.84. The Hall–Kier alpha value is -1.87. The molecule has 2 saturated heterocycles. The summed E-state index contributed by atoms with van der Waals surface area (Å²) in [6.45, 7) is 1.52. The highest BCUT2D eigenvalue weighted by Gasteiger charge is 2.33. The highest BCUT2D eigenvalue weighted by molar-refractivity contribution is 6.30. The predicted octanol–water partition coefficient (Wildman–Crippen LogP) is 2.30. The van der Waals surface area contributed by atoms with Crippen LogP contribution in [-0.2, 0) is 14.3 Å². The summed E-state index contributed by atoms with van der Waals surface area (Å²) in [5.74, 6) is -0.0106. The summed E-state index contributed by atoms with van der Waals surface area (Å²) in [5, 5.41) is 18.9. The molecule has 0 bridgehead atoms. The molecule has 0 radical (unpaired) electrons. The quantitative estimate of drug-likeness (QED) is 0.521. The molecule has 1 aromatic rings. The standard InChI is InChI=1S/C21H30ClN3O5/c22-15-1-3-16(4-2-15)24-21(28)23-10-7-17-5-6-18(19(13-26)30-17)25-20(27)14-8-11-29-12-9-14/h1-4,14,17-19,26H,5-13H2,(H,25,27)(H2,23,24,28)/t17-,18+,19+/m1/s1. The minimum absolute atomic E-state index is 0.0179. The third-order valence-corrected chi connectivity index (χ3v) is 5.82. The molecule has 2 heterocycles. The fraction of sp³-hybridized carbons (Fsp3) is 0.619. The number of halogens is 1. The van der Waals surface area contributed by atoms with Gasteiger partial charge in [0.15, 0.2) is 0 Å². The van der Waals surface area contributed by atoms with Crippen molar-refractivity contribution in [2.24, 2.45) is 5.92 Å². The lowest BCUT2D eigenvalue weighted by Gasteiger charge is -2.37. The molecular weight excluding hydrogens is 410 g/mol. The number of amides is 3. The molecule has 4 N–H and O–H groups in total.